The summed E-state index contributed by atoms with van der Waals surface area (Å²) in [6, 6.07) is 15.2. The zero-order valence-corrected chi connectivity index (χ0v) is 19.7. The number of carbonyl (C=O) groups excluding carboxylic acids is 3. The molecule has 3 amide bonds. The second-order valence-corrected chi connectivity index (χ2v) is 9.59. The molecule has 0 bridgehead atoms. The molecule has 2 aromatic carbocycles. The molecule has 0 radical (unpaired) electrons. The lowest BCUT2D eigenvalue weighted by Crippen LogP contribution is -2.45. The first-order valence-electron chi connectivity index (χ1n) is 12.3. The molecule has 178 valence electrons. The van der Waals surface area contributed by atoms with E-state index in [1.54, 1.807) is 11.0 Å². The predicted octanol–water partition coefficient (Wildman–Crippen LogP) is 2.51. The van der Waals surface area contributed by atoms with Gasteiger partial charge in [0.2, 0.25) is 11.8 Å². The molecule has 5 rings (SSSR count). The highest BCUT2D eigenvalue weighted by Gasteiger charge is 2.47. The molecule has 1 aliphatic carbocycles. The molecule has 2 aliphatic heterocycles. The van der Waals surface area contributed by atoms with E-state index < -0.39 is 6.04 Å². The Bertz CT molecular complexity index is 1100. The minimum atomic E-state index is -0.641. The first kappa shape index (κ1) is 22.6. The van der Waals surface area contributed by atoms with Crippen LogP contribution in [0.5, 0.6) is 0 Å². The van der Waals surface area contributed by atoms with E-state index >= 15 is 0 Å². The Labute approximate surface area is 200 Å². The van der Waals surface area contributed by atoms with Gasteiger partial charge in [-0.1, -0.05) is 42.5 Å². The fourth-order valence-electron chi connectivity index (χ4n) is 5.11. The summed E-state index contributed by atoms with van der Waals surface area (Å²) in [6.45, 7) is 6.08. The van der Waals surface area contributed by atoms with Crippen LogP contribution >= 0.6 is 0 Å². The molecular formula is C27H32N4O3. The minimum Gasteiger partial charge on any atom is -0.345 e. The molecule has 2 aromatic rings. The average molecular weight is 461 g/mol. The maximum absolute atomic E-state index is 13.2. The Balaban J connectivity index is 1.17. The standard InChI is InChI=1S/C27H32N4O3/c1-19-7-2-3-8-20(19)18-29-13-6-14-30(16-15-29)24(32)17-28-26(33)25-22-9-4-5-10-23(22)27(34)31(25)21-11-12-21/h2-5,7-10,21,25H,6,11-18H2,1H3,(H,28,33)/t25-/m0/s1. The van der Waals surface area contributed by atoms with E-state index in [1.165, 1.54) is 11.1 Å². The molecule has 1 N–H and O–H groups in total. The molecule has 3 aliphatic rings. The van der Waals surface area contributed by atoms with Crippen LogP contribution in [-0.4, -0.2) is 71.2 Å². The monoisotopic (exact) mass is 460 g/mol. The van der Waals surface area contributed by atoms with Crippen LogP contribution in [0.15, 0.2) is 48.5 Å². The molecule has 1 saturated carbocycles. The Morgan fingerprint density at radius 1 is 0.971 bits per heavy atom. The summed E-state index contributed by atoms with van der Waals surface area (Å²) >= 11 is 0. The molecule has 34 heavy (non-hydrogen) atoms. The van der Waals surface area contributed by atoms with Crippen LogP contribution in [0.3, 0.4) is 0 Å². The van der Waals surface area contributed by atoms with Crippen LogP contribution in [0.4, 0.5) is 0 Å². The van der Waals surface area contributed by atoms with Crippen molar-refractivity contribution >= 4 is 17.7 Å². The number of rotatable bonds is 6. The van der Waals surface area contributed by atoms with Crippen molar-refractivity contribution in [3.63, 3.8) is 0 Å². The highest BCUT2D eigenvalue weighted by Crippen LogP contribution is 2.41. The molecular weight excluding hydrogens is 428 g/mol. The van der Waals surface area contributed by atoms with E-state index in [9.17, 15) is 14.4 Å². The van der Waals surface area contributed by atoms with Crippen LogP contribution in [0.2, 0.25) is 0 Å². The van der Waals surface area contributed by atoms with Gasteiger partial charge in [-0.3, -0.25) is 19.3 Å². The minimum absolute atomic E-state index is 0.0397. The summed E-state index contributed by atoms with van der Waals surface area (Å²) in [7, 11) is 0. The maximum Gasteiger partial charge on any atom is 0.255 e. The van der Waals surface area contributed by atoms with Crippen molar-refractivity contribution in [3.05, 3.63) is 70.8 Å². The van der Waals surface area contributed by atoms with Crippen molar-refractivity contribution < 1.29 is 14.4 Å². The van der Waals surface area contributed by atoms with Crippen LogP contribution in [-0.2, 0) is 16.1 Å². The normalized spacial score (nSPS) is 20.7. The second kappa shape index (κ2) is 9.58. The lowest BCUT2D eigenvalue weighted by atomic mass is 10.0. The summed E-state index contributed by atoms with van der Waals surface area (Å²) in [5, 5.41) is 2.84. The number of aryl methyl sites for hydroxylation is 1. The third-order valence-corrected chi connectivity index (χ3v) is 7.20. The predicted molar refractivity (Wildman–Crippen MR) is 129 cm³/mol. The summed E-state index contributed by atoms with van der Waals surface area (Å²) in [5.41, 5.74) is 3.95. The Hall–Kier alpha value is -3.19. The van der Waals surface area contributed by atoms with Crippen LogP contribution < -0.4 is 5.32 Å². The van der Waals surface area contributed by atoms with E-state index in [-0.39, 0.29) is 30.3 Å². The van der Waals surface area contributed by atoms with Gasteiger partial charge in [0.1, 0.15) is 6.04 Å². The summed E-state index contributed by atoms with van der Waals surface area (Å²) in [4.78, 5) is 44.9. The third kappa shape index (κ3) is 4.57. The molecule has 2 fully saturated rings. The van der Waals surface area contributed by atoms with Gasteiger partial charge in [-0.2, -0.15) is 0 Å². The maximum atomic E-state index is 13.2. The molecule has 7 nitrogen and oxygen atoms in total. The number of benzene rings is 2. The zero-order valence-electron chi connectivity index (χ0n) is 19.7. The van der Waals surface area contributed by atoms with Crippen molar-refractivity contribution in [1.29, 1.82) is 0 Å². The van der Waals surface area contributed by atoms with Crippen LogP contribution in [0, 0.1) is 6.92 Å². The van der Waals surface area contributed by atoms with Crippen molar-refractivity contribution in [2.24, 2.45) is 0 Å². The van der Waals surface area contributed by atoms with Gasteiger partial charge in [-0.05, 0) is 48.9 Å². The number of nitrogens with one attached hydrogen (secondary N) is 1. The first-order chi connectivity index (χ1) is 16.5. The highest BCUT2D eigenvalue weighted by atomic mass is 16.2. The number of fused-ring (bicyclic) bond motifs is 1. The molecule has 7 heteroatoms. The molecule has 1 atom stereocenters. The Kier molecular flexibility index (Phi) is 6.37. The van der Waals surface area contributed by atoms with Crippen molar-refractivity contribution in [1.82, 2.24) is 20.0 Å². The molecule has 1 saturated heterocycles. The zero-order chi connectivity index (χ0) is 23.7. The molecule has 0 aromatic heterocycles. The van der Waals surface area contributed by atoms with E-state index in [2.05, 4.69) is 41.4 Å². The highest BCUT2D eigenvalue weighted by molar-refractivity contribution is 6.05. The second-order valence-electron chi connectivity index (χ2n) is 9.59. The summed E-state index contributed by atoms with van der Waals surface area (Å²) in [5.74, 6) is -0.415. The van der Waals surface area contributed by atoms with Gasteiger partial charge in [-0.15, -0.1) is 0 Å². The lowest BCUT2D eigenvalue weighted by molar-refractivity contribution is -0.134. The van der Waals surface area contributed by atoms with Gasteiger partial charge in [0, 0.05) is 44.3 Å². The van der Waals surface area contributed by atoms with Gasteiger partial charge in [0.25, 0.3) is 5.91 Å². The van der Waals surface area contributed by atoms with Gasteiger partial charge in [-0.25, -0.2) is 0 Å². The Morgan fingerprint density at radius 2 is 1.74 bits per heavy atom. The van der Waals surface area contributed by atoms with Crippen molar-refractivity contribution in [2.45, 2.75) is 44.8 Å². The average Bonchev–Trinajstić information content (AvgIpc) is 3.66. The largest absolute Gasteiger partial charge is 0.345 e. The van der Waals surface area contributed by atoms with Crippen molar-refractivity contribution in [2.75, 3.05) is 32.7 Å². The lowest BCUT2D eigenvalue weighted by Gasteiger charge is -2.25. The van der Waals surface area contributed by atoms with Gasteiger partial charge in [0.15, 0.2) is 0 Å². The first-order valence-corrected chi connectivity index (χ1v) is 12.3. The number of hydrogen-bond donors (Lipinski definition) is 1. The van der Waals surface area contributed by atoms with Gasteiger partial charge in [0.05, 0.1) is 6.54 Å². The fraction of sp³-hybridized carbons (Fsp3) is 0.444. The van der Waals surface area contributed by atoms with E-state index in [1.807, 2.05) is 23.1 Å². The van der Waals surface area contributed by atoms with Crippen molar-refractivity contribution in [3.8, 4) is 0 Å². The van der Waals surface area contributed by atoms with E-state index in [0.717, 1.165) is 44.5 Å². The number of amides is 3. The fourth-order valence-corrected chi connectivity index (χ4v) is 5.11. The molecule has 0 spiro atoms. The van der Waals surface area contributed by atoms with E-state index in [0.29, 0.717) is 18.7 Å². The Morgan fingerprint density at radius 3 is 2.53 bits per heavy atom. The summed E-state index contributed by atoms with van der Waals surface area (Å²) < 4.78 is 0. The van der Waals surface area contributed by atoms with Gasteiger partial charge < -0.3 is 15.1 Å². The number of carbonyl (C=O) groups is 3. The quantitative estimate of drug-likeness (QED) is 0.719. The number of nitrogens with zero attached hydrogens (tertiary/aromatic N) is 3. The molecule has 0 unspecified atom stereocenters. The van der Waals surface area contributed by atoms with E-state index in [4.69, 9.17) is 0 Å². The molecule has 2 heterocycles. The van der Waals surface area contributed by atoms with Gasteiger partial charge >= 0.3 is 0 Å². The summed E-state index contributed by atoms with van der Waals surface area (Å²) in [6.07, 6.45) is 2.76. The SMILES string of the molecule is Cc1ccccc1CN1CCCN(C(=O)CNC(=O)[C@@H]2c3ccccc3C(=O)N2C2CC2)CC1. The van der Waals surface area contributed by atoms with Crippen LogP contribution in [0.25, 0.3) is 0 Å². The number of hydrogen-bond acceptors (Lipinski definition) is 4. The third-order valence-electron chi connectivity index (χ3n) is 7.20. The smallest absolute Gasteiger partial charge is 0.255 e. The topological polar surface area (TPSA) is 73.0 Å². The van der Waals surface area contributed by atoms with Crippen LogP contribution in [0.1, 0.15) is 52.4 Å².